The second-order valence-corrected chi connectivity index (χ2v) is 7.66. The van der Waals surface area contributed by atoms with Gasteiger partial charge < -0.3 is 5.32 Å². The Labute approximate surface area is 122 Å². The molecule has 1 aromatic heterocycles. The highest BCUT2D eigenvalue weighted by Gasteiger charge is 2.41. The van der Waals surface area contributed by atoms with Crippen LogP contribution in [0.4, 0.5) is 5.82 Å². The van der Waals surface area contributed by atoms with E-state index in [1.807, 2.05) is 13.8 Å². The van der Waals surface area contributed by atoms with Crippen LogP contribution in [0, 0.1) is 0 Å². The predicted molar refractivity (Wildman–Crippen MR) is 78.7 cm³/mol. The molecule has 5 nitrogen and oxygen atoms in total. The van der Waals surface area contributed by atoms with Crippen LogP contribution in [-0.4, -0.2) is 25.5 Å². The summed E-state index contributed by atoms with van der Waals surface area (Å²) in [7, 11) is -3.54. The zero-order valence-corrected chi connectivity index (χ0v) is 13.4. The number of nitrogens with zero attached hydrogens (tertiary/aromatic N) is 1. The quantitative estimate of drug-likeness (QED) is 0.829. The van der Waals surface area contributed by atoms with E-state index in [0.29, 0.717) is 16.8 Å². The average Bonchev–Trinajstić information content (AvgIpc) is 3.04. The molecule has 1 aromatic rings. The molecule has 0 saturated heterocycles. The lowest BCUT2D eigenvalue weighted by atomic mass is 10.4. The average molecular weight is 348 g/mol. The van der Waals surface area contributed by atoms with Crippen molar-refractivity contribution in [2.75, 3.05) is 11.9 Å². The van der Waals surface area contributed by atoms with Crippen molar-refractivity contribution in [1.29, 1.82) is 0 Å². The molecule has 0 aliphatic heterocycles. The molecule has 7 heteroatoms. The van der Waals surface area contributed by atoms with Crippen molar-refractivity contribution < 1.29 is 8.42 Å². The van der Waals surface area contributed by atoms with Crippen LogP contribution in [-0.2, 0) is 10.0 Å². The number of anilines is 1. The highest BCUT2D eigenvalue weighted by atomic mass is 79.9. The van der Waals surface area contributed by atoms with Crippen molar-refractivity contribution in [3.8, 4) is 0 Å². The minimum atomic E-state index is -3.54. The molecule has 0 unspecified atom stereocenters. The fraction of sp³-hybridized carbons (Fsp3) is 0.583. The van der Waals surface area contributed by atoms with Crippen molar-refractivity contribution in [3.63, 3.8) is 0 Å². The van der Waals surface area contributed by atoms with Crippen LogP contribution in [0.15, 0.2) is 21.6 Å². The van der Waals surface area contributed by atoms with Crippen molar-refractivity contribution in [1.82, 2.24) is 9.71 Å². The van der Waals surface area contributed by atoms with E-state index in [1.165, 1.54) is 0 Å². The van der Waals surface area contributed by atoms with Gasteiger partial charge in [-0.15, -0.1) is 0 Å². The molecule has 1 saturated carbocycles. The molecule has 0 amide bonds. The van der Waals surface area contributed by atoms with E-state index in [2.05, 4.69) is 31.0 Å². The van der Waals surface area contributed by atoms with Gasteiger partial charge in [-0.1, -0.05) is 6.92 Å². The second kappa shape index (κ2) is 5.38. The highest BCUT2D eigenvalue weighted by Crippen LogP contribution is 2.36. The molecule has 2 rings (SSSR count). The van der Waals surface area contributed by atoms with Gasteiger partial charge in [0.15, 0.2) is 0 Å². The maximum absolute atomic E-state index is 12.4. The largest absolute Gasteiger partial charge is 0.369 e. The molecular weight excluding hydrogens is 330 g/mol. The topological polar surface area (TPSA) is 71.1 Å². The van der Waals surface area contributed by atoms with Gasteiger partial charge in [0.1, 0.15) is 10.7 Å². The first-order chi connectivity index (χ1) is 8.86. The molecule has 0 spiro atoms. The first kappa shape index (κ1) is 14.7. The number of aromatic nitrogens is 1. The summed E-state index contributed by atoms with van der Waals surface area (Å²) in [4.78, 5) is 4.35. The standard InChI is InChI=1S/C12H18BrN3O2S/c1-3-6-14-11-10(7-9(13)8-15-11)19(17,18)16-12(2)4-5-12/h7-8,16H,3-6H2,1-2H3,(H,14,15). The summed E-state index contributed by atoms with van der Waals surface area (Å²) in [5.41, 5.74) is -0.289. The number of nitrogens with one attached hydrogen (secondary N) is 2. The molecule has 1 fully saturated rings. The number of hydrogen-bond acceptors (Lipinski definition) is 4. The van der Waals surface area contributed by atoms with Crippen molar-refractivity contribution in [2.24, 2.45) is 0 Å². The third-order valence-electron chi connectivity index (χ3n) is 3.03. The third-order valence-corrected chi connectivity index (χ3v) is 5.12. The lowest BCUT2D eigenvalue weighted by Crippen LogP contribution is -2.34. The second-order valence-electron chi connectivity index (χ2n) is 5.09. The van der Waals surface area contributed by atoms with E-state index in [9.17, 15) is 8.42 Å². The van der Waals surface area contributed by atoms with E-state index in [4.69, 9.17) is 0 Å². The first-order valence-electron chi connectivity index (χ1n) is 6.30. The van der Waals surface area contributed by atoms with Crippen molar-refractivity contribution in [3.05, 3.63) is 16.7 Å². The Morgan fingerprint density at radius 1 is 1.47 bits per heavy atom. The summed E-state index contributed by atoms with van der Waals surface area (Å²) in [5, 5.41) is 3.05. The summed E-state index contributed by atoms with van der Waals surface area (Å²) >= 11 is 3.27. The van der Waals surface area contributed by atoms with E-state index in [-0.39, 0.29) is 10.4 Å². The van der Waals surface area contributed by atoms with Gasteiger partial charge in [-0.2, -0.15) is 0 Å². The maximum Gasteiger partial charge on any atom is 0.244 e. The maximum atomic E-state index is 12.4. The Hall–Kier alpha value is -0.660. The molecule has 0 atom stereocenters. The fourth-order valence-corrected chi connectivity index (χ4v) is 3.78. The SMILES string of the molecule is CCCNc1ncc(Br)cc1S(=O)(=O)NC1(C)CC1. The van der Waals surface area contributed by atoms with Gasteiger partial charge in [-0.05, 0) is 48.2 Å². The number of sulfonamides is 1. The van der Waals surface area contributed by atoms with Crippen LogP contribution >= 0.6 is 15.9 Å². The molecule has 1 aliphatic carbocycles. The summed E-state index contributed by atoms with van der Waals surface area (Å²) in [6.45, 7) is 4.62. The number of hydrogen-bond donors (Lipinski definition) is 2. The predicted octanol–water partition coefficient (Wildman–Crippen LogP) is 2.50. The fourth-order valence-electron chi connectivity index (χ4n) is 1.67. The molecular formula is C12H18BrN3O2S. The van der Waals surface area contributed by atoms with Gasteiger partial charge in [0.05, 0.1) is 0 Å². The zero-order chi connectivity index (χ0) is 14.1. The summed E-state index contributed by atoms with van der Waals surface area (Å²) in [6, 6.07) is 1.58. The Morgan fingerprint density at radius 3 is 2.74 bits per heavy atom. The summed E-state index contributed by atoms with van der Waals surface area (Å²) in [6.07, 6.45) is 4.26. The van der Waals surface area contributed by atoms with Gasteiger partial charge >= 0.3 is 0 Å². The van der Waals surface area contributed by atoms with Crippen LogP contribution in [0.3, 0.4) is 0 Å². The van der Waals surface area contributed by atoms with E-state index in [1.54, 1.807) is 12.3 Å². The summed E-state index contributed by atoms with van der Waals surface area (Å²) in [5.74, 6) is 0.404. The van der Waals surface area contributed by atoms with Crippen LogP contribution in [0.25, 0.3) is 0 Å². The van der Waals surface area contributed by atoms with Gasteiger partial charge in [0.2, 0.25) is 10.0 Å². The lowest BCUT2D eigenvalue weighted by Gasteiger charge is -2.15. The molecule has 106 valence electrons. The van der Waals surface area contributed by atoms with E-state index >= 15 is 0 Å². The van der Waals surface area contributed by atoms with Crippen LogP contribution in [0.2, 0.25) is 0 Å². The van der Waals surface area contributed by atoms with Gasteiger partial charge in [-0.3, -0.25) is 0 Å². The Kier molecular flexibility index (Phi) is 4.17. The Bertz CT molecular complexity index is 570. The molecule has 1 aliphatic rings. The summed E-state index contributed by atoms with van der Waals surface area (Å²) < 4.78 is 28.2. The minimum absolute atomic E-state index is 0.198. The zero-order valence-electron chi connectivity index (χ0n) is 11.0. The molecule has 19 heavy (non-hydrogen) atoms. The highest BCUT2D eigenvalue weighted by molar-refractivity contribution is 9.10. The van der Waals surface area contributed by atoms with Gasteiger partial charge in [0, 0.05) is 22.8 Å². The van der Waals surface area contributed by atoms with Crippen molar-refractivity contribution >= 4 is 31.8 Å². The van der Waals surface area contributed by atoms with Crippen molar-refractivity contribution in [2.45, 2.75) is 43.5 Å². The van der Waals surface area contributed by atoms with Crippen LogP contribution in [0.1, 0.15) is 33.1 Å². The number of halogens is 1. The monoisotopic (exact) mass is 347 g/mol. The lowest BCUT2D eigenvalue weighted by molar-refractivity contribution is 0.558. The molecule has 2 N–H and O–H groups in total. The van der Waals surface area contributed by atoms with E-state index < -0.39 is 10.0 Å². The van der Waals surface area contributed by atoms with Crippen LogP contribution in [0.5, 0.6) is 0 Å². The Balaban J connectivity index is 2.33. The van der Waals surface area contributed by atoms with Gasteiger partial charge in [0.25, 0.3) is 0 Å². The number of pyridine rings is 1. The normalized spacial score (nSPS) is 17.2. The third kappa shape index (κ3) is 3.67. The van der Waals surface area contributed by atoms with Crippen LogP contribution < -0.4 is 10.0 Å². The first-order valence-corrected chi connectivity index (χ1v) is 8.57. The number of rotatable bonds is 6. The molecule has 0 aromatic carbocycles. The molecule has 1 heterocycles. The Morgan fingerprint density at radius 2 is 2.16 bits per heavy atom. The molecule has 0 bridgehead atoms. The van der Waals surface area contributed by atoms with Gasteiger partial charge in [-0.25, -0.2) is 18.1 Å². The van der Waals surface area contributed by atoms with E-state index in [0.717, 1.165) is 19.3 Å². The molecule has 0 radical (unpaired) electrons. The smallest absolute Gasteiger partial charge is 0.244 e. The minimum Gasteiger partial charge on any atom is -0.369 e.